The van der Waals surface area contributed by atoms with E-state index in [1.165, 1.54) is 11.1 Å². The molecule has 0 spiro atoms. The first-order chi connectivity index (χ1) is 8.04. The van der Waals surface area contributed by atoms with Crippen molar-refractivity contribution >= 4 is 28.1 Å². The molecule has 17 heavy (non-hydrogen) atoms. The Labute approximate surface area is 114 Å². The van der Waals surface area contributed by atoms with E-state index in [1.54, 1.807) is 0 Å². The van der Waals surface area contributed by atoms with Crippen molar-refractivity contribution in [3.63, 3.8) is 0 Å². The summed E-state index contributed by atoms with van der Waals surface area (Å²) in [5.74, 6) is 0.947. The highest BCUT2D eigenvalue weighted by molar-refractivity contribution is 9.10. The van der Waals surface area contributed by atoms with Crippen molar-refractivity contribution in [2.24, 2.45) is 0 Å². The van der Waals surface area contributed by atoms with Crippen LogP contribution in [0.25, 0.3) is 5.69 Å². The van der Waals surface area contributed by atoms with Crippen LogP contribution in [0, 0.1) is 18.6 Å². The predicted molar refractivity (Wildman–Crippen MR) is 75.3 cm³/mol. The van der Waals surface area contributed by atoms with E-state index >= 15 is 0 Å². The monoisotopic (exact) mass is 311 g/mol. The van der Waals surface area contributed by atoms with Crippen molar-refractivity contribution in [1.29, 1.82) is 0 Å². The Morgan fingerprint density at radius 3 is 2.71 bits per heavy atom. The normalized spacial score (nSPS) is 10.8. The number of nitrogens with zero attached hydrogens (tertiary/aromatic N) is 2. The van der Waals surface area contributed by atoms with Gasteiger partial charge in [-0.3, -0.25) is 9.67 Å². The zero-order valence-corrected chi connectivity index (χ0v) is 12.4. The minimum absolute atomic E-state index is 0.634. The lowest BCUT2D eigenvalue weighted by atomic mass is 10.1. The number of hydrogen-bond acceptors (Lipinski definition) is 2. The minimum Gasteiger partial charge on any atom is -0.271 e. The van der Waals surface area contributed by atoms with Gasteiger partial charge in [-0.25, -0.2) is 0 Å². The molecule has 0 unspecified atom stereocenters. The zero-order chi connectivity index (χ0) is 12.6. The zero-order valence-electron chi connectivity index (χ0n) is 10.0. The van der Waals surface area contributed by atoms with E-state index in [-0.39, 0.29) is 0 Å². The summed E-state index contributed by atoms with van der Waals surface area (Å²) in [6.45, 7) is 6.23. The van der Waals surface area contributed by atoms with Crippen molar-refractivity contribution in [2.75, 3.05) is 0 Å². The number of aryl methyl sites for hydroxylation is 3. The molecular weight excluding hydrogens is 298 g/mol. The second kappa shape index (κ2) is 4.74. The number of nitrogens with one attached hydrogen (secondary N) is 1. The van der Waals surface area contributed by atoms with Gasteiger partial charge in [0.2, 0.25) is 0 Å². The topological polar surface area (TPSA) is 33.6 Å². The van der Waals surface area contributed by atoms with Crippen LogP contribution in [0.5, 0.6) is 0 Å². The fraction of sp³-hybridized carbons (Fsp3) is 0.333. The summed E-state index contributed by atoms with van der Waals surface area (Å²) in [6.07, 6.45) is 0.840. The lowest BCUT2D eigenvalue weighted by Gasteiger charge is -2.12. The Morgan fingerprint density at radius 2 is 2.12 bits per heavy atom. The van der Waals surface area contributed by atoms with E-state index < -0.39 is 0 Å². The summed E-state index contributed by atoms with van der Waals surface area (Å²) < 4.78 is 3.67. The highest BCUT2D eigenvalue weighted by atomic mass is 79.9. The highest BCUT2D eigenvalue weighted by Gasteiger charge is 2.12. The Bertz CT molecular complexity index is 589. The van der Waals surface area contributed by atoms with E-state index in [9.17, 15) is 0 Å². The van der Waals surface area contributed by atoms with Crippen LogP contribution in [0.4, 0.5) is 0 Å². The largest absolute Gasteiger partial charge is 0.271 e. The summed E-state index contributed by atoms with van der Waals surface area (Å²) in [5.41, 5.74) is 3.49. The molecule has 0 aliphatic rings. The van der Waals surface area contributed by atoms with Gasteiger partial charge in [-0.1, -0.05) is 13.0 Å². The molecular formula is C12H14BrN3S. The third-order valence-electron chi connectivity index (χ3n) is 2.68. The van der Waals surface area contributed by atoms with E-state index in [4.69, 9.17) is 12.2 Å². The van der Waals surface area contributed by atoms with Crippen molar-refractivity contribution < 1.29 is 0 Å². The van der Waals surface area contributed by atoms with Gasteiger partial charge >= 0.3 is 0 Å². The SMILES string of the molecule is CCc1n[nH]c(=S)n1-c1c(C)cc(C)cc1Br. The minimum atomic E-state index is 0.634. The van der Waals surface area contributed by atoms with Gasteiger partial charge in [-0.05, 0) is 59.2 Å². The first-order valence-corrected chi connectivity index (χ1v) is 6.68. The Balaban J connectivity index is 2.77. The first kappa shape index (κ1) is 12.5. The average molecular weight is 312 g/mol. The average Bonchev–Trinajstić information content (AvgIpc) is 2.59. The van der Waals surface area contributed by atoms with Crippen LogP contribution in [0.15, 0.2) is 16.6 Å². The summed E-state index contributed by atoms with van der Waals surface area (Å²) in [7, 11) is 0. The van der Waals surface area contributed by atoms with Crippen LogP contribution >= 0.6 is 28.1 Å². The van der Waals surface area contributed by atoms with Gasteiger partial charge in [0.25, 0.3) is 0 Å². The molecule has 90 valence electrons. The Hall–Kier alpha value is -0.940. The maximum absolute atomic E-state index is 5.30. The van der Waals surface area contributed by atoms with Crippen LogP contribution in [0.1, 0.15) is 23.9 Å². The van der Waals surface area contributed by atoms with Gasteiger partial charge in [-0.2, -0.15) is 5.10 Å². The van der Waals surface area contributed by atoms with Crippen LogP contribution in [0.3, 0.4) is 0 Å². The fourth-order valence-corrected chi connectivity index (χ4v) is 3.08. The third kappa shape index (κ3) is 2.21. The lowest BCUT2D eigenvalue weighted by molar-refractivity contribution is 0.872. The smallest absolute Gasteiger partial charge is 0.199 e. The molecule has 1 N–H and O–H groups in total. The number of H-pyrrole nitrogens is 1. The molecule has 0 saturated heterocycles. The van der Waals surface area contributed by atoms with E-state index in [0.29, 0.717) is 4.77 Å². The van der Waals surface area contributed by atoms with Crippen LogP contribution in [-0.2, 0) is 6.42 Å². The molecule has 0 aliphatic heterocycles. The first-order valence-electron chi connectivity index (χ1n) is 5.48. The maximum atomic E-state index is 5.30. The molecule has 0 radical (unpaired) electrons. The van der Waals surface area contributed by atoms with E-state index in [2.05, 4.69) is 59.0 Å². The fourth-order valence-electron chi connectivity index (χ4n) is 1.99. The molecule has 0 aliphatic carbocycles. The lowest BCUT2D eigenvalue weighted by Crippen LogP contribution is -2.04. The molecule has 0 saturated carbocycles. The van der Waals surface area contributed by atoms with E-state index in [1.807, 2.05) is 4.57 Å². The van der Waals surface area contributed by atoms with Gasteiger partial charge in [0.05, 0.1) is 5.69 Å². The van der Waals surface area contributed by atoms with Crippen molar-refractivity contribution in [2.45, 2.75) is 27.2 Å². The van der Waals surface area contributed by atoms with Crippen LogP contribution < -0.4 is 0 Å². The molecule has 5 heteroatoms. The molecule has 3 nitrogen and oxygen atoms in total. The van der Waals surface area contributed by atoms with Gasteiger partial charge in [0.15, 0.2) is 4.77 Å². The standard InChI is InChI=1S/C12H14BrN3S/c1-4-10-14-15-12(17)16(10)11-8(3)5-7(2)6-9(11)13/h5-6H,4H2,1-3H3,(H,15,17). The van der Waals surface area contributed by atoms with Crippen LogP contribution in [0.2, 0.25) is 0 Å². The second-order valence-corrected chi connectivity index (χ2v) is 5.29. The third-order valence-corrected chi connectivity index (χ3v) is 3.56. The number of aromatic amines is 1. The maximum Gasteiger partial charge on any atom is 0.199 e. The van der Waals surface area contributed by atoms with Crippen molar-refractivity contribution in [3.05, 3.63) is 38.3 Å². The summed E-state index contributed by atoms with van der Waals surface area (Å²) >= 11 is 8.91. The molecule has 1 aromatic heterocycles. The quantitative estimate of drug-likeness (QED) is 0.854. The van der Waals surface area contributed by atoms with Crippen molar-refractivity contribution in [3.8, 4) is 5.69 Å². The van der Waals surface area contributed by atoms with Gasteiger partial charge in [0, 0.05) is 10.9 Å². The number of hydrogen-bond donors (Lipinski definition) is 1. The summed E-state index contributed by atoms with van der Waals surface area (Å²) in [6, 6.07) is 4.24. The van der Waals surface area contributed by atoms with Crippen LogP contribution in [-0.4, -0.2) is 14.8 Å². The molecule has 2 aromatic rings. The highest BCUT2D eigenvalue weighted by Crippen LogP contribution is 2.27. The Morgan fingerprint density at radius 1 is 1.41 bits per heavy atom. The molecule has 1 aromatic carbocycles. The van der Waals surface area contributed by atoms with Gasteiger partial charge in [0.1, 0.15) is 5.82 Å². The molecule has 0 bridgehead atoms. The summed E-state index contributed by atoms with van der Waals surface area (Å²) in [5, 5.41) is 7.09. The number of halogens is 1. The molecule has 0 fully saturated rings. The molecule has 0 amide bonds. The van der Waals surface area contributed by atoms with Crippen molar-refractivity contribution in [1.82, 2.24) is 14.8 Å². The second-order valence-electron chi connectivity index (χ2n) is 4.05. The van der Waals surface area contributed by atoms with E-state index in [0.717, 1.165) is 22.4 Å². The van der Waals surface area contributed by atoms with Gasteiger partial charge < -0.3 is 0 Å². The molecule has 0 atom stereocenters. The van der Waals surface area contributed by atoms with Gasteiger partial charge in [-0.15, -0.1) is 0 Å². The number of rotatable bonds is 2. The predicted octanol–water partition coefficient (Wildman–Crippen LogP) is 3.87. The number of benzene rings is 1. The number of aromatic nitrogens is 3. The Kier molecular flexibility index (Phi) is 3.49. The summed E-state index contributed by atoms with van der Waals surface area (Å²) in [4.78, 5) is 0. The molecule has 1 heterocycles. The molecule has 2 rings (SSSR count).